The topological polar surface area (TPSA) is 116 Å². The van der Waals surface area contributed by atoms with Gasteiger partial charge in [-0.1, -0.05) is 66.9 Å². The van der Waals surface area contributed by atoms with E-state index in [1.54, 1.807) is 47.4 Å². The number of fused-ring (bicyclic) bond motifs is 1. The molecule has 1 fully saturated rings. The molecule has 1 aliphatic carbocycles. The van der Waals surface area contributed by atoms with E-state index in [4.69, 9.17) is 21.4 Å². The van der Waals surface area contributed by atoms with Gasteiger partial charge in [0.25, 0.3) is 5.91 Å². The van der Waals surface area contributed by atoms with Crippen molar-refractivity contribution in [1.82, 2.24) is 10.2 Å². The van der Waals surface area contributed by atoms with Gasteiger partial charge in [0.2, 0.25) is 5.91 Å². The Labute approximate surface area is 243 Å². The Morgan fingerprint density at radius 3 is 2.51 bits per heavy atom. The molecule has 0 bridgehead atoms. The number of amides is 2. The lowest BCUT2D eigenvalue weighted by atomic mass is 9.76. The molecule has 1 unspecified atom stereocenters. The molecule has 1 saturated carbocycles. The van der Waals surface area contributed by atoms with Crippen LogP contribution in [0.25, 0.3) is 0 Å². The van der Waals surface area contributed by atoms with Crippen LogP contribution in [-0.2, 0) is 9.59 Å². The lowest BCUT2D eigenvalue weighted by Gasteiger charge is -2.48. The lowest BCUT2D eigenvalue weighted by Crippen LogP contribution is -2.55. The monoisotopic (exact) mass is 576 g/mol. The van der Waals surface area contributed by atoms with Gasteiger partial charge in [-0.25, -0.2) is 4.79 Å². The number of carboxylic acid groups (broad SMARTS) is 1. The average Bonchev–Trinajstić information content (AvgIpc) is 2.97. The van der Waals surface area contributed by atoms with Crippen LogP contribution in [0, 0.1) is 0 Å². The number of hydrogen-bond donors (Lipinski definition) is 3. The van der Waals surface area contributed by atoms with E-state index in [0.29, 0.717) is 34.7 Å². The molecule has 3 N–H and O–H groups in total. The van der Waals surface area contributed by atoms with E-state index >= 15 is 0 Å². The summed E-state index contributed by atoms with van der Waals surface area (Å²) in [5.41, 5.74) is 2.57. The fourth-order valence-electron chi connectivity index (χ4n) is 6.04. The zero-order valence-electron chi connectivity index (χ0n) is 22.7. The molecule has 1 heterocycles. The number of aliphatic hydroxyl groups is 1. The number of carbonyl (C=O) groups excluding carboxylic acids is 2. The third-order valence-electron chi connectivity index (χ3n) is 8.00. The Morgan fingerprint density at radius 2 is 1.78 bits per heavy atom. The Bertz CT molecular complexity index is 1430. The fraction of sp³-hybridized carbons (Fsp3) is 0.344. The summed E-state index contributed by atoms with van der Waals surface area (Å²) in [5.74, 6) is -1.93. The Kier molecular flexibility index (Phi) is 8.61. The second kappa shape index (κ2) is 12.3. The minimum atomic E-state index is -1.08. The van der Waals surface area contributed by atoms with Gasteiger partial charge < -0.3 is 25.2 Å². The molecule has 2 aliphatic rings. The molecule has 1 aliphatic heterocycles. The summed E-state index contributed by atoms with van der Waals surface area (Å²) in [6, 6.07) is 19.7. The number of halogens is 1. The third kappa shape index (κ3) is 6.09. The van der Waals surface area contributed by atoms with E-state index in [-0.39, 0.29) is 11.8 Å². The van der Waals surface area contributed by atoms with Crippen LogP contribution in [0.4, 0.5) is 0 Å². The second-order valence-corrected chi connectivity index (χ2v) is 11.1. The van der Waals surface area contributed by atoms with E-state index < -0.39 is 42.7 Å². The van der Waals surface area contributed by atoms with Crippen molar-refractivity contribution in [3.63, 3.8) is 0 Å². The molecular weight excluding hydrogens is 544 g/mol. The number of benzene rings is 3. The first-order valence-electron chi connectivity index (χ1n) is 13.8. The van der Waals surface area contributed by atoms with E-state index in [0.717, 1.165) is 24.0 Å². The molecule has 3 aromatic rings. The smallest absolute Gasteiger partial charge is 0.341 e. The van der Waals surface area contributed by atoms with Crippen molar-refractivity contribution in [2.45, 2.75) is 62.8 Å². The number of nitrogens with zero attached hydrogens (tertiary/aromatic N) is 1. The highest BCUT2D eigenvalue weighted by molar-refractivity contribution is 6.30. The third-order valence-corrected chi connectivity index (χ3v) is 8.25. The predicted octanol–water partition coefficient (Wildman–Crippen LogP) is 5.27. The molecule has 5 atom stereocenters. The fourth-order valence-corrected chi connectivity index (χ4v) is 6.16. The first kappa shape index (κ1) is 28.6. The van der Waals surface area contributed by atoms with E-state index in [2.05, 4.69) is 5.32 Å². The Hall–Kier alpha value is -3.88. The summed E-state index contributed by atoms with van der Waals surface area (Å²) in [4.78, 5) is 41.0. The summed E-state index contributed by atoms with van der Waals surface area (Å²) < 4.78 is 5.32. The van der Waals surface area contributed by atoms with Crippen LogP contribution < -0.4 is 10.1 Å². The second-order valence-electron chi connectivity index (χ2n) is 10.7. The first-order chi connectivity index (χ1) is 19.7. The number of aliphatic hydroxyl groups excluding tert-OH is 1. The molecule has 0 spiro atoms. The van der Waals surface area contributed by atoms with Gasteiger partial charge in [0, 0.05) is 10.6 Å². The Balaban J connectivity index is 1.54. The molecule has 2 amide bonds. The number of ether oxygens (including phenoxy) is 1. The summed E-state index contributed by atoms with van der Waals surface area (Å²) in [5, 5.41) is 23.7. The highest BCUT2D eigenvalue weighted by Crippen LogP contribution is 2.46. The number of rotatable bonds is 8. The maximum absolute atomic E-state index is 14.3. The highest BCUT2D eigenvalue weighted by atomic mass is 35.5. The summed E-state index contributed by atoms with van der Waals surface area (Å²) >= 11 is 6.21. The quantitative estimate of drug-likeness (QED) is 0.337. The van der Waals surface area contributed by atoms with Crippen molar-refractivity contribution >= 4 is 29.4 Å². The van der Waals surface area contributed by atoms with Crippen LogP contribution in [0.1, 0.15) is 77.7 Å². The van der Waals surface area contributed by atoms with Gasteiger partial charge >= 0.3 is 5.97 Å². The number of carboxylic acids is 1. The highest BCUT2D eigenvalue weighted by Gasteiger charge is 2.48. The number of aliphatic carboxylic acids is 1. The molecule has 9 heteroatoms. The maximum Gasteiger partial charge on any atom is 0.341 e. The van der Waals surface area contributed by atoms with Crippen molar-refractivity contribution in [2.75, 3.05) is 6.61 Å². The van der Waals surface area contributed by atoms with Crippen LogP contribution >= 0.6 is 11.6 Å². The summed E-state index contributed by atoms with van der Waals surface area (Å²) in [6.45, 7) is 1.37. The molecule has 0 aromatic heterocycles. The van der Waals surface area contributed by atoms with Crippen LogP contribution in [0.2, 0.25) is 5.02 Å². The standard InChI is InChI=1S/C32H33ClN2O6/c1-19(21-7-6-8-23(17-21)41-18-28(37)38)34-31(39)29-24-9-2-3-10-25(24)32(40)35(26-11-4-5-12-27(26)36)30(29)20-13-15-22(33)16-14-20/h2-3,6-10,13-17,19,26-27,29-30,36H,4-5,11-12,18H2,1H3,(H,34,39)(H,37,38)/t19?,26-,27-,29+,30-/m0/s1. The van der Waals surface area contributed by atoms with Gasteiger partial charge in [-0.3, -0.25) is 9.59 Å². The zero-order valence-corrected chi connectivity index (χ0v) is 23.5. The van der Waals surface area contributed by atoms with Gasteiger partial charge in [0.15, 0.2) is 6.61 Å². The first-order valence-corrected chi connectivity index (χ1v) is 14.2. The number of nitrogens with one attached hydrogen (secondary N) is 1. The van der Waals surface area contributed by atoms with Crippen LogP contribution in [0.3, 0.4) is 0 Å². The maximum atomic E-state index is 14.3. The number of hydrogen-bond acceptors (Lipinski definition) is 5. The average molecular weight is 577 g/mol. The van der Waals surface area contributed by atoms with Crippen LogP contribution in [-0.4, -0.2) is 51.6 Å². The molecule has 41 heavy (non-hydrogen) atoms. The van der Waals surface area contributed by atoms with Gasteiger partial charge in [0.1, 0.15) is 5.75 Å². The van der Waals surface area contributed by atoms with Crippen LogP contribution in [0.5, 0.6) is 5.75 Å². The Morgan fingerprint density at radius 1 is 1.05 bits per heavy atom. The molecule has 0 radical (unpaired) electrons. The minimum Gasteiger partial charge on any atom is -0.482 e. The largest absolute Gasteiger partial charge is 0.482 e. The molecule has 3 aromatic carbocycles. The van der Waals surface area contributed by atoms with Crippen molar-refractivity contribution in [3.05, 3.63) is 100 Å². The molecule has 214 valence electrons. The van der Waals surface area contributed by atoms with E-state index in [9.17, 15) is 19.5 Å². The predicted molar refractivity (Wildman–Crippen MR) is 154 cm³/mol. The molecular formula is C32H33ClN2O6. The molecule has 0 saturated heterocycles. The minimum absolute atomic E-state index is 0.202. The summed E-state index contributed by atoms with van der Waals surface area (Å²) in [7, 11) is 0. The zero-order chi connectivity index (χ0) is 29.1. The summed E-state index contributed by atoms with van der Waals surface area (Å²) in [6.07, 6.45) is 2.32. The lowest BCUT2D eigenvalue weighted by molar-refractivity contribution is -0.139. The van der Waals surface area contributed by atoms with E-state index in [1.165, 1.54) is 0 Å². The van der Waals surface area contributed by atoms with Crippen molar-refractivity contribution in [2.24, 2.45) is 0 Å². The van der Waals surface area contributed by atoms with Crippen molar-refractivity contribution in [1.29, 1.82) is 0 Å². The van der Waals surface area contributed by atoms with Crippen molar-refractivity contribution in [3.8, 4) is 5.75 Å². The van der Waals surface area contributed by atoms with Gasteiger partial charge in [-0.05, 0) is 66.8 Å². The van der Waals surface area contributed by atoms with Crippen LogP contribution in [0.15, 0.2) is 72.8 Å². The van der Waals surface area contributed by atoms with Crippen molar-refractivity contribution < 1.29 is 29.3 Å². The molecule has 8 nitrogen and oxygen atoms in total. The van der Waals surface area contributed by atoms with Gasteiger partial charge in [0.05, 0.1) is 30.1 Å². The number of carbonyl (C=O) groups is 3. The molecule has 5 rings (SSSR count). The normalized spacial score (nSPS) is 22.9. The SMILES string of the molecule is CC(NC(=O)[C@@H]1c2ccccc2C(=O)N([C@H]2CCCC[C@@H]2O)[C@H]1c1ccc(Cl)cc1)c1cccc(OCC(=O)O)c1. The van der Waals surface area contributed by atoms with Gasteiger partial charge in [-0.15, -0.1) is 0 Å². The van der Waals surface area contributed by atoms with Gasteiger partial charge in [-0.2, -0.15) is 0 Å². The van der Waals surface area contributed by atoms with E-state index in [1.807, 2.05) is 37.3 Å².